The fourth-order valence-electron chi connectivity index (χ4n) is 3.08. The van der Waals surface area contributed by atoms with Crippen molar-refractivity contribution in [3.63, 3.8) is 0 Å². The molecule has 23 heavy (non-hydrogen) atoms. The van der Waals surface area contributed by atoms with E-state index in [1.165, 1.54) is 24.1 Å². The summed E-state index contributed by atoms with van der Waals surface area (Å²) in [5.41, 5.74) is 1.98. The second-order valence-corrected chi connectivity index (χ2v) is 7.34. The number of rotatable bonds is 2. The Labute approximate surface area is 137 Å². The normalized spacial score (nSPS) is 21.7. The number of hydrogen-bond acceptors (Lipinski definition) is 6. The summed E-state index contributed by atoms with van der Waals surface area (Å²) in [6, 6.07) is -0.331. The van der Waals surface area contributed by atoms with E-state index < -0.39 is 5.60 Å². The Kier molecular flexibility index (Phi) is 4.53. The summed E-state index contributed by atoms with van der Waals surface area (Å²) in [6.45, 7) is 7.74. The van der Waals surface area contributed by atoms with Gasteiger partial charge < -0.3 is 15.0 Å². The number of ether oxygens (including phenoxy) is 1. The van der Waals surface area contributed by atoms with Gasteiger partial charge in [0.05, 0.1) is 0 Å². The molecule has 0 bridgehead atoms. The van der Waals surface area contributed by atoms with E-state index in [0.717, 1.165) is 31.9 Å². The first-order valence-electron chi connectivity index (χ1n) is 8.48. The van der Waals surface area contributed by atoms with Crippen LogP contribution < -0.4 is 10.2 Å². The fraction of sp³-hybridized carbons (Fsp3) is 0.706. The highest BCUT2D eigenvalue weighted by molar-refractivity contribution is 5.77. The molecule has 1 saturated heterocycles. The van der Waals surface area contributed by atoms with Crippen molar-refractivity contribution >= 4 is 11.9 Å². The Morgan fingerprint density at radius 2 is 2.13 bits per heavy atom. The second kappa shape index (κ2) is 6.43. The van der Waals surface area contributed by atoms with Gasteiger partial charge in [0.15, 0.2) is 0 Å². The van der Waals surface area contributed by atoms with E-state index in [2.05, 4.69) is 15.2 Å². The molecule has 0 spiro atoms. The van der Waals surface area contributed by atoms with E-state index in [-0.39, 0.29) is 12.0 Å². The summed E-state index contributed by atoms with van der Waals surface area (Å²) in [5.74, 6) is 0.529. The van der Waals surface area contributed by atoms with Crippen LogP contribution in [0, 0.1) is 0 Å². The number of carbonyl (C=O) groups is 1. The number of aromatic nitrogens is 2. The zero-order valence-electron chi connectivity index (χ0n) is 14.3. The molecule has 126 valence electrons. The van der Waals surface area contributed by atoms with Gasteiger partial charge in [0, 0.05) is 31.5 Å². The summed E-state index contributed by atoms with van der Waals surface area (Å²) in [6.07, 6.45) is 6.50. The van der Waals surface area contributed by atoms with Crippen LogP contribution in [0.3, 0.4) is 0 Å². The average molecular weight is 318 g/mol. The van der Waals surface area contributed by atoms with Crippen molar-refractivity contribution in [1.82, 2.24) is 15.3 Å². The molecule has 1 N–H and O–H groups in total. The zero-order chi connectivity index (χ0) is 16.4. The first kappa shape index (κ1) is 16.2. The molecule has 2 aliphatic rings. The summed E-state index contributed by atoms with van der Waals surface area (Å²) in [5, 5.41) is 3.23. The van der Waals surface area contributed by atoms with Crippen LogP contribution in [0.4, 0.5) is 5.95 Å². The highest BCUT2D eigenvalue weighted by Gasteiger charge is 2.30. The van der Waals surface area contributed by atoms with Crippen molar-refractivity contribution in [2.75, 3.05) is 24.5 Å². The molecule has 0 aromatic carbocycles. The lowest BCUT2D eigenvalue weighted by molar-refractivity contribution is -0.157. The topological polar surface area (TPSA) is 67.3 Å². The number of fused-ring (bicyclic) bond motifs is 1. The molecular weight excluding hydrogens is 292 g/mol. The number of esters is 1. The lowest BCUT2D eigenvalue weighted by atomic mass is 9.98. The Morgan fingerprint density at radius 1 is 1.35 bits per heavy atom. The van der Waals surface area contributed by atoms with E-state index in [4.69, 9.17) is 9.72 Å². The minimum absolute atomic E-state index is 0.208. The van der Waals surface area contributed by atoms with Crippen molar-refractivity contribution in [2.24, 2.45) is 0 Å². The SMILES string of the molecule is CC(C)(C)OC(=O)[C@H]1CN(c2ncc3c(n2)CCCC3)CCN1. The van der Waals surface area contributed by atoms with E-state index in [1.54, 1.807) is 0 Å². The van der Waals surface area contributed by atoms with Gasteiger partial charge in [-0.3, -0.25) is 4.79 Å². The number of nitrogens with zero attached hydrogens (tertiary/aromatic N) is 3. The molecular formula is C17H26N4O2. The first-order valence-corrected chi connectivity index (χ1v) is 8.48. The van der Waals surface area contributed by atoms with Crippen LogP contribution >= 0.6 is 0 Å². The van der Waals surface area contributed by atoms with E-state index >= 15 is 0 Å². The third-order valence-electron chi connectivity index (χ3n) is 4.20. The average Bonchev–Trinajstić information content (AvgIpc) is 2.53. The van der Waals surface area contributed by atoms with Gasteiger partial charge in [0.1, 0.15) is 11.6 Å². The summed E-state index contributed by atoms with van der Waals surface area (Å²) in [4.78, 5) is 23.6. The lowest BCUT2D eigenvalue weighted by Gasteiger charge is -2.34. The number of hydrogen-bond donors (Lipinski definition) is 1. The maximum Gasteiger partial charge on any atom is 0.325 e. The Bertz CT molecular complexity index is 582. The van der Waals surface area contributed by atoms with Crippen LogP contribution in [0.1, 0.15) is 44.9 Å². The summed E-state index contributed by atoms with van der Waals surface area (Å²) < 4.78 is 5.48. The molecule has 0 unspecified atom stereocenters. The molecule has 1 aliphatic carbocycles. The van der Waals surface area contributed by atoms with E-state index in [1.807, 2.05) is 27.0 Å². The van der Waals surface area contributed by atoms with Crippen molar-refractivity contribution in [1.29, 1.82) is 0 Å². The molecule has 1 aromatic rings. The quantitative estimate of drug-likeness (QED) is 0.833. The van der Waals surface area contributed by atoms with Gasteiger partial charge in [-0.05, 0) is 52.0 Å². The molecule has 6 heteroatoms. The van der Waals surface area contributed by atoms with Crippen LogP contribution in [0.25, 0.3) is 0 Å². The first-order chi connectivity index (χ1) is 10.9. The highest BCUT2D eigenvalue weighted by atomic mass is 16.6. The second-order valence-electron chi connectivity index (χ2n) is 7.34. The molecule has 3 rings (SSSR count). The van der Waals surface area contributed by atoms with Gasteiger partial charge in [0.2, 0.25) is 5.95 Å². The number of nitrogens with one attached hydrogen (secondary N) is 1. The van der Waals surface area contributed by atoms with Gasteiger partial charge in [-0.2, -0.15) is 0 Å². The zero-order valence-corrected chi connectivity index (χ0v) is 14.3. The van der Waals surface area contributed by atoms with Gasteiger partial charge in [-0.15, -0.1) is 0 Å². The monoisotopic (exact) mass is 318 g/mol. The Morgan fingerprint density at radius 3 is 2.91 bits per heavy atom. The number of anilines is 1. The molecule has 1 fully saturated rings. The molecule has 1 atom stereocenters. The third kappa shape index (κ3) is 3.99. The molecule has 1 aliphatic heterocycles. The van der Waals surface area contributed by atoms with Crippen molar-refractivity contribution in [2.45, 2.75) is 58.1 Å². The summed E-state index contributed by atoms with van der Waals surface area (Å²) in [7, 11) is 0. The van der Waals surface area contributed by atoms with Crippen LogP contribution in [-0.2, 0) is 22.4 Å². The number of piperazine rings is 1. The molecule has 2 heterocycles. The number of aryl methyl sites for hydroxylation is 2. The van der Waals surface area contributed by atoms with Crippen molar-refractivity contribution < 1.29 is 9.53 Å². The van der Waals surface area contributed by atoms with Crippen LogP contribution in [0.15, 0.2) is 6.20 Å². The number of carbonyl (C=O) groups excluding carboxylic acids is 1. The fourth-order valence-corrected chi connectivity index (χ4v) is 3.08. The van der Waals surface area contributed by atoms with Gasteiger partial charge >= 0.3 is 5.97 Å². The van der Waals surface area contributed by atoms with E-state index in [0.29, 0.717) is 6.54 Å². The van der Waals surface area contributed by atoms with Gasteiger partial charge in [0.25, 0.3) is 0 Å². The molecule has 1 aromatic heterocycles. The molecule has 0 radical (unpaired) electrons. The lowest BCUT2D eigenvalue weighted by Crippen LogP contribution is -2.56. The molecule has 6 nitrogen and oxygen atoms in total. The Hall–Kier alpha value is -1.69. The van der Waals surface area contributed by atoms with Gasteiger partial charge in [-0.1, -0.05) is 0 Å². The largest absolute Gasteiger partial charge is 0.459 e. The maximum atomic E-state index is 12.3. The van der Waals surface area contributed by atoms with Crippen molar-refractivity contribution in [3.8, 4) is 0 Å². The maximum absolute atomic E-state index is 12.3. The minimum atomic E-state index is -0.469. The smallest absolute Gasteiger partial charge is 0.325 e. The summed E-state index contributed by atoms with van der Waals surface area (Å²) >= 11 is 0. The minimum Gasteiger partial charge on any atom is -0.459 e. The van der Waals surface area contributed by atoms with Gasteiger partial charge in [-0.25, -0.2) is 9.97 Å². The Balaban J connectivity index is 1.70. The standard InChI is InChI=1S/C17H26N4O2/c1-17(2,3)23-15(22)14-11-21(9-8-18-14)16-19-10-12-6-4-5-7-13(12)20-16/h10,14,18H,4-9,11H2,1-3H3/t14-/m1/s1. The van der Waals surface area contributed by atoms with Crippen LogP contribution in [0.5, 0.6) is 0 Å². The predicted octanol–water partition coefficient (Wildman–Crippen LogP) is 1.48. The van der Waals surface area contributed by atoms with Crippen LogP contribution in [-0.4, -0.2) is 47.2 Å². The third-order valence-corrected chi connectivity index (χ3v) is 4.20. The molecule has 0 saturated carbocycles. The van der Waals surface area contributed by atoms with E-state index in [9.17, 15) is 4.79 Å². The predicted molar refractivity (Wildman–Crippen MR) is 88.5 cm³/mol. The van der Waals surface area contributed by atoms with Crippen molar-refractivity contribution in [3.05, 3.63) is 17.5 Å². The molecule has 0 amide bonds. The van der Waals surface area contributed by atoms with Crippen LogP contribution in [0.2, 0.25) is 0 Å². The highest BCUT2D eigenvalue weighted by Crippen LogP contribution is 2.21.